The first kappa shape index (κ1) is 34.6. The molecule has 0 bridgehead atoms. The van der Waals surface area contributed by atoms with Crippen molar-refractivity contribution < 1.29 is 4.42 Å². The highest BCUT2D eigenvalue weighted by Gasteiger charge is 2.35. The number of fused-ring (bicyclic) bond motifs is 6. The molecule has 5 heteroatoms. The van der Waals surface area contributed by atoms with Crippen LogP contribution in [0.15, 0.2) is 199 Å². The van der Waals surface area contributed by atoms with Gasteiger partial charge < -0.3 is 9.32 Å². The Bertz CT molecular complexity index is 3170. The lowest BCUT2D eigenvalue weighted by molar-refractivity contribution is 0.660. The van der Waals surface area contributed by atoms with E-state index in [9.17, 15) is 0 Å². The summed E-state index contributed by atoms with van der Waals surface area (Å²) in [5.74, 6) is 1.84. The molecule has 2 heterocycles. The fourth-order valence-electron chi connectivity index (χ4n) is 8.76. The number of benzene rings is 8. The molecule has 0 atom stereocenters. The fraction of sp³-hybridized carbons (Fsp3) is 0.0556. The first-order chi connectivity index (χ1) is 29.0. The molecule has 2 aromatic heterocycles. The van der Waals surface area contributed by atoms with Crippen LogP contribution in [-0.2, 0) is 5.41 Å². The van der Waals surface area contributed by atoms with E-state index in [4.69, 9.17) is 19.4 Å². The van der Waals surface area contributed by atoms with Crippen molar-refractivity contribution in [2.75, 3.05) is 4.90 Å². The van der Waals surface area contributed by atoms with Crippen LogP contribution in [0, 0.1) is 0 Å². The first-order valence-electron chi connectivity index (χ1n) is 20.0. The van der Waals surface area contributed by atoms with Crippen molar-refractivity contribution >= 4 is 39.0 Å². The lowest BCUT2D eigenvalue weighted by Crippen LogP contribution is -2.15. The summed E-state index contributed by atoms with van der Waals surface area (Å²) in [6.45, 7) is 4.59. The highest BCUT2D eigenvalue weighted by atomic mass is 16.3. The van der Waals surface area contributed by atoms with Crippen molar-refractivity contribution in [3.8, 4) is 56.4 Å². The Morgan fingerprint density at radius 2 is 0.949 bits per heavy atom. The largest absolute Gasteiger partial charge is 0.456 e. The Kier molecular flexibility index (Phi) is 8.09. The summed E-state index contributed by atoms with van der Waals surface area (Å²) in [5.41, 5.74) is 14.8. The van der Waals surface area contributed by atoms with Gasteiger partial charge in [-0.2, -0.15) is 0 Å². The molecular formula is C54H38N4O. The first-order valence-corrected chi connectivity index (χ1v) is 20.0. The molecule has 11 rings (SSSR count). The maximum Gasteiger partial charge on any atom is 0.164 e. The zero-order valence-corrected chi connectivity index (χ0v) is 32.7. The zero-order valence-electron chi connectivity index (χ0n) is 32.7. The SMILES string of the molecule is CC1(C)c2ccccc2-c2ccc(-c3nc(-c4ccccc4)nc(-c4ccc5c(c4)oc4cccc(N(c6ccccc6)c6ccc(-c7ccccc7)cc6)c45)n3)cc21. The molecule has 0 unspecified atom stereocenters. The van der Waals surface area contributed by atoms with Gasteiger partial charge in [-0.15, -0.1) is 0 Å². The minimum atomic E-state index is -0.146. The van der Waals surface area contributed by atoms with E-state index in [-0.39, 0.29) is 5.41 Å². The molecule has 280 valence electrons. The Labute approximate surface area is 342 Å². The van der Waals surface area contributed by atoms with Crippen LogP contribution in [0.5, 0.6) is 0 Å². The van der Waals surface area contributed by atoms with Gasteiger partial charge in [0, 0.05) is 38.9 Å². The normalized spacial score (nSPS) is 12.7. The summed E-state index contributed by atoms with van der Waals surface area (Å²) in [6.07, 6.45) is 0. The van der Waals surface area contributed by atoms with E-state index >= 15 is 0 Å². The predicted octanol–water partition coefficient (Wildman–Crippen LogP) is 14.2. The Morgan fingerprint density at radius 1 is 0.407 bits per heavy atom. The maximum absolute atomic E-state index is 6.69. The van der Waals surface area contributed by atoms with Crippen LogP contribution in [-0.4, -0.2) is 15.0 Å². The smallest absolute Gasteiger partial charge is 0.164 e. The van der Waals surface area contributed by atoms with E-state index < -0.39 is 0 Å². The predicted molar refractivity (Wildman–Crippen MR) is 241 cm³/mol. The molecule has 5 nitrogen and oxygen atoms in total. The summed E-state index contributed by atoms with van der Waals surface area (Å²) in [4.78, 5) is 17.6. The number of aromatic nitrogens is 3. The van der Waals surface area contributed by atoms with Gasteiger partial charge in [-0.1, -0.05) is 153 Å². The van der Waals surface area contributed by atoms with Gasteiger partial charge in [0.15, 0.2) is 17.5 Å². The Hall–Kier alpha value is -7.63. The second-order valence-electron chi connectivity index (χ2n) is 15.7. The zero-order chi connectivity index (χ0) is 39.5. The van der Waals surface area contributed by atoms with E-state index in [1.54, 1.807) is 0 Å². The van der Waals surface area contributed by atoms with Crippen molar-refractivity contribution in [1.29, 1.82) is 0 Å². The van der Waals surface area contributed by atoms with Crippen LogP contribution in [0.2, 0.25) is 0 Å². The molecule has 0 amide bonds. The van der Waals surface area contributed by atoms with Gasteiger partial charge in [0.2, 0.25) is 0 Å². The van der Waals surface area contributed by atoms with Crippen molar-refractivity contribution in [2.45, 2.75) is 19.3 Å². The van der Waals surface area contributed by atoms with E-state index in [2.05, 4.69) is 170 Å². The number of rotatable bonds is 7. The van der Waals surface area contributed by atoms with Crippen molar-refractivity contribution in [2.24, 2.45) is 0 Å². The minimum absolute atomic E-state index is 0.146. The molecule has 10 aromatic rings. The van der Waals surface area contributed by atoms with Gasteiger partial charge in [-0.25, -0.2) is 15.0 Å². The molecule has 59 heavy (non-hydrogen) atoms. The van der Waals surface area contributed by atoms with Crippen LogP contribution in [0.1, 0.15) is 25.0 Å². The number of anilines is 3. The Balaban J connectivity index is 1.03. The standard InChI is InChI=1S/C54H38N4O/c1-54(2)45-22-13-12-21-42(45)43-31-27-38(33-46(43)54)52-55-51(37-17-8-4-9-18-37)56-53(57-52)39-28-32-44-49(34-39)59-48-24-14-23-47(50(44)48)58(40-19-10-5-11-20-40)41-29-25-36(26-30-41)35-15-6-3-7-16-35/h3-34H,1-2H3. The third kappa shape index (κ3) is 5.90. The topological polar surface area (TPSA) is 55.1 Å². The lowest BCUT2D eigenvalue weighted by Gasteiger charge is -2.26. The van der Waals surface area contributed by atoms with E-state index in [0.29, 0.717) is 17.5 Å². The molecule has 0 aliphatic heterocycles. The van der Waals surface area contributed by atoms with Gasteiger partial charge in [0.05, 0.1) is 11.1 Å². The third-order valence-electron chi connectivity index (χ3n) is 11.7. The average molecular weight is 759 g/mol. The second-order valence-corrected chi connectivity index (χ2v) is 15.7. The highest BCUT2D eigenvalue weighted by molar-refractivity contribution is 6.14. The molecule has 0 saturated heterocycles. The van der Waals surface area contributed by atoms with Gasteiger partial charge in [0.1, 0.15) is 11.2 Å². The lowest BCUT2D eigenvalue weighted by atomic mass is 9.82. The molecule has 0 saturated carbocycles. The van der Waals surface area contributed by atoms with E-state index in [1.807, 2.05) is 42.5 Å². The van der Waals surface area contributed by atoms with E-state index in [1.165, 1.54) is 33.4 Å². The number of hydrogen-bond acceptors (Lipinski definition) is 5. The Morgan fingerprint density at radius 3 is 1.68 bits per heavy atom. The second kappa shape index (κ2) is 13.8. The minimum Gasteiger partial charge on any atom is -0.456 e. The highest BCUT2D eigenvalue weighted by Crippen LogP contribution is 2.49. The number of para-hydroxylation sites is 1. The van der Waals surface area contributed by atoms with Crippen molar-refractivity contribution in [1.82, 2.24) is 15.0 Å². The molecule has 0 spiro atoms. The maximum atomic E-state index is 6.69. The van der Waals surface area contributed by atoms with Crippen LogP contribution < -0.4 is 4.90 Å². The molecule has 0 fully saturated rings. The molecule has 1 aliphatic rings. The van der Waals surface area contributed by atoms with Gasteiger partial charge >= 0.3 is 0 Å². The summed E-state index contributed by atoms with van der Waals surface area (Å²) in [7, 11) is 0. The van der Waals surface area contributed by atoms with Crippen LogP contribution in [0.3, 0.4) is 0 Å². The summed E-state index contributed by atoms with van der Waals surface area (Å²) < 4.78 is 6.69. The monoisotopic (exact) mass is 758 g/mol. The van der Waals surface area contributed by atoms with Crippen LogP contribution >= 0.6 is 0 Å². The van der Waals surface area contributed by atoms with Crippen molar-refractivity contribution in [3.63, 3.8) is 0 Å². The molecule has 1 aliphatic carbocycles. The molecule has 0 radical (unpaired) electrons. The molecule has 8 aromatic carbocycles. The van der Waals surface area contributed by atoms with Gasteiger partial charge in [-0.3, -0.25) is 0 Å². The molecular weight excluding hydrogens is 721 g/mol. The van der Waals surface area contributed by atoms with E-state index in [0.717, 1.165) is 55.7 Å². The molecule has 0 N–H and O–H groups in total. The van der Waals surface area contributed by atoms with Crippen molar-refractivity contribution in [3.05, 3.63) is 205 Å². The summed E-state index contributed by atoms with van der Waals surface area (Å²) >= 11 is 0. The summed E-state index contributed by atoms with van der Waals surface area (Å²) in [5, 5.41) is 2.05. The summed E-state index contributed by atoms with van der Waals surface area (Å²) in [6, 6.07) is 67.8. The van der Waals surface area contributed by atoms with Crippen LogP contribution in [0.4, 0.5) is 17.1 Å². The van der Waals surface area contributed by atoms with Gasteiger partial charge in [-0.05, 0) is 88.0 Å². The number of hydrogen-bond donors (Lipinski definition) is 0. The third-order valence-corrected chi connectivity index (χ3v) is 11.7. The van der Waals surface area contributed by atoms with Gasteiger partial charge in [0.25, 0.3) is 0 Å². The quantitative estimate of drug-likeness (QED) is 0.162. The average Bonchev–Trinajstić information content (AvgIpc) is 3.79. The van der Waals surface area contributed by atoms with Crippen LogP contribution in [0.25, 0.3) is 78.4 Å². The number of nitrogens with zero attached hydrogens (tertiary/aromatic N) is 4. The number of furan rings is 1. The fourth-order valence-corrected chi connectivity index (χ4v) is 8.76.